The van der Waals surface area contributed by atoms with Gasteiger partial charge in [-0.25, -0.2) is 0 Å². The Morgan fingerprint density at radius 2 is 1.89 bits per heavy atom. The van der Waals surface area contributed by atoms with Gasteiger partial charge in [0.25, 0.3) is 5.91 Å². The Bertz CT molecular complexity index is 728. The van der Waals surface area contributed by atoms with Crippen molar-refractivity contribution in [2.24, 2.45) is 0 Å². The summed E-state index contributed by atoms with van der Waals surface area (Å²) in [4.78, 5) is 41.9. The van der Waals surface area contributed by atoms with Gasteiger partial charge in [0.1, 0.15) is 12.3 Å². The molecule has 144 valence electrons. The molecule has 0 saturated carbocycles. The number of nitrogens with one attached hydrogen (secondary N) is 1. The van der Waals surface area contributed by atoms with Gasteiger partial charge in [-0.2, -0.15) is 0 Å². The quantitative estimate of drug-likeness (QED) is 0.703. The van der Waals surface area contributed by atoms with Gasteiger partial charge in [0, 0.05) is 32.7 Å². The van der Waals surface area contributed by atoms with Gasteiger partial charge in [0.05, 0.1) is 12.2 Å². The molecule has 2 aliphatic rings. The number of hydrogen-bond acceptors (Lipinski definition) is 5. The van der Waals surface area contributed by atoms with Crippen molar-refractivity contribution in [3.8, 4) is 5.75 Å². The predicted octanol–water partition coefficient (Wildman–Crippen LogP) is -0.142. The largest absolute Gasteiger partial charge is 0.482 e. The van der Waals surface area contributed by atoms with Crippen LogP contribution in [0.1, 0.15) is 0 Å². The average molecular weight is 372 g/mol. The molecule has 3 amide bonds. The van der Waals surface area contributed by atoms with Crippen LogP contribution >= 0.6 is 0 Å². The maximum atomic E-state index is 12.7. The van der Waals surface area contributed by atoms with Gasteiger partial charge in [0.2, 0.25) is 11.8 Å². The Labute approximate surface area is 158 Å². The van der Waals surface area contributed by atoms with Crippen LogP contribution in [-0.4, -0.2) is 79.9 Å². The van der Waals surface area contributed by atoms with Gasteiger partial charge in [-0.1, -0.05) is 18.2 Å². The minimum atomic E-state index is -0.223. The number of carbonyl (C=O) groups is 3. The smallest absolute Gasteiger partial charge is 0.265 e. The summed E-state index contributed by atoms with van der Waals surface area (Å²) >= 11 is 0. The van der Waals surface area contributed by atoms with E-state index >= 15 is 0 Å². The Hall–Kier alpha value is -2.87. The number of para-hydroxylation sites is 2. The molecule has 1 fully saturated rings. The van der Waals surface area contributed by atoms with Crippen LogP contribution in [0.25, 0.3) is 0 Å². The molecule has 1 saturated heterocycles. The number of fused-ring (bicyclic) bond motifs is 1. The topological polar surface area (TPSA) is 82.2 Å². The van der Waals surface area contributed by atoms with E-state index in [-0.39, 0.29) is 30.9 Å². The van der Waals surface area contributed by atoms with Gasteiger partial charge in [-0.3, -0.25) is 24.2 Å². The summed E-state index contributed by atoms with van der Waals surface area (Å²) in [6.45, 7) is 6.59. The molecule has 1 aromatic carbocycles. The third-order valence-corrected chi connectivity index (χ3v) is 4.64. The highest BCUT2D eigenvalue weighted by Gasteiger charge is 2.30. The van der Waals surface area contributed by atoms with Crippen molar-refractivity contribution < 1.29 is 19.1 Å². The number of hydrogen-bond donors (Lipinski definition) is 1. The first kappa shape index (κ1) is 18.9. The number of piperazine rings is 1. The lowest BCUT2D eigenvalue weighted by Gasteiger charge is -2.36. The zero-order valence-corrected chi connectivity index (χ0v) is 15.2. The van der Waals surface area contributed by atoms with E-state index in [0.29, 0.717) is 50.7 Å². The lowest BCUT2D eigenvalue weighted by Crippen LogP contribution is -2.54. The number of rotatable bonds is 6. The van der Waals surface area contributed by atoms with E-state index < -0.39 is 0 Å². The Morgan fingerprint density at radius 1 is 1.15 bits per heavy atom. The summed E-state index contributed by atoms with van der Waals surface area (Å²) in [6, 6.07) is 7.21. The second kappa shape index (κ2) is 8.68. The van der Waals surface area contributed by atoms with Crippen LogP contribution in [0.4, 0.5) is 5.69 Å². The van der Waals surface area contributed by atoms with Gasteiger partial charge in [-0.15, -0.1) is 6.58 Å². The Kier molecular flexibility index (Phi) is 6.08. The molecular weight excluding hydrogens is 348 g/mol. The molecule has 8 nitrogen and oxygen atoms in total. The minimum Gasteiger partial charge on any atom is -0.482 e. The monoisotopic (exact) mass is 372 g/mol. The SMILES string of the molecule is C=CCNC(=O)CN1CCN(C(=O)CN2C(=O)COc3ccccc32)CC1. The highest BCUT2D eigenvalue weighted by Crippen LogP contribution is 2.31. The first-order valence-electron chi connectivity index (χ1n) is 8.98. The van der Waals surface area contributed by atoms with Crippen LogP contribution in [0.3, 0.4) is 0 Å². The number of benzene rings is 1. The fourth-order valence-electron chi connectivity index (χ4n) is 3.16. The maximum Gasteiger partial charge on any atom is 0.265 e. The number of anilines is 1. The zero-order chi connectivity index (χ0) is 19.2. The fourth-order valence-corrected chi connectivity index (χ4v) is 3.16. The molecule has 27 heavy (non-hydrogen) atoms. The Balaban J connectivity index is 1.52. The van der Waals surface area contributed by atoms with E-state index in [4.69, 9.17) is 4.74 Å². The van der Waals surface area contributed by atoms with Gasteiger partial charge >= 0.3 is 0 Å². The molecule has 2 aliphatic heterocycles. The number of amides is 3. The summed E-state index contributed by atoms with van der Waals surface area (Å²) < 4.78 is 5.41. The molecule has 0 aromatic heterocycles. The van der Waals surface area contributed by atoms with E-state index in [1.807, 2.05) is 17.0 Å². The third kappa shape index (κ3) is 4.65. The van der Waals surface area contributed by atoms with Crippen molar-refractivity contribution >= 4 is 23.4 Å². The van der Waals surface area contributed by atoms with Gasteiger partial charge < -0.3 is 15.0 Å². The number of ether oxygens (including phenoxy) is 1. The first-order chi connectivity index (χ1) is 13.1. The standard InChI is InChI=1S/C19H24N4O4/c1-2-7-20-17(24)12-21-8-10-22(11-9-21)18(25)13-23-15-5-3-4-6-16(15)27-14-19(23)26/h2-6H,1,7-14H2,(H,20,24). The van der Waals surface area contributed by atoms with E-state index in [1.54, 1.807) is 23.1 Å². The summed E-state index contributed by atoms with van der Waals surface area (Å²) in [5.74, 6) is 0.237. The molecule has 3 rings (SSSR count). The molecule has 1 aromatic rings. The summed E-state index contributed by atoms with van der Waals surface area (Å²) in [5, 5.41) is 2.75. The average Bonchev–Trinajstić information content (AvgIpc) is 2.69. The fraction of sp³-hybridized carbons (Fsp3) is 0.421. The molecule has 1 N–H and O–H groups in total. The normalized spacial score (nSPS) is 17.1. The molecule has 0 spiro atoms. The lowest BCUT2D eigenvalue weighted by molar-refractivity contribution is -0.133. The van der Waals surface area contributed by atoms with Gasteiger partial charge in [0.15, 0.2) is 6.61 Å². The van der Waals surface area contributed by atoms with Crippen molar-refractivity contribution in [3.63, 3.8) is 0 Å². The second-order valence-electron chi connectivity index (χ2n) is 6.49. The molecule has 2 heterocycles. The van der Waals surface area contributed by atoms with E-state index in [9.17, 15) is 14.4 Å². The summed E-state index contributed by atoms with van der Waals surface area (Å²) in [7, 11) is 0. The zero-order valence-electron chi connectivity index (χ0n) is 15.2. The summed E-state index contributed by atoms with van der Waals surface area (Å²) in [5.41, 5.74) is 0.625. The molecule has 0 bridgehead atoms. The van der Waals surface area contributed by atoms with Crippen molar-refractivity contribution in [1.29, 1.82) is 0 Å². The van der Waals surface area contributed by atoms with Crippen molar-refractivity contribution in [3.05, 3.63) is 36.9 Å². The Morgan fingerprint density at radius 3 is 2.63 bits per heavy atom. The van der Waals surface area contributed by atoms with Crippen molar-refractivity contribution in [2.45, 2.75) is 0 Å². The van der Waals surface area contributed by atoms with Crippen LogP contribution in [0, 0.1) is 0 Å². The van der Waals surface area contributed by atoms with Crippen LogP contribution in [0.2, 0.25) is 0 Å². The minimum absolute atomic E-state index is 0.000965. The molecule has 8 heteroatoms. The highest BCUT2D eigenvalue weighted by molar-refractivity contribution is 6.02. The molecule has 0 aliphatic carbocycles. The van der Waals surface area contributed by atoms with Crippen LogP contribution < -0.4 is 15.0 Å². The lowest BCUT2D eigenvalue weighted by atomic mass is 10.2. The maximum absolute atomic E-state index is 12.7. The number of carbonyl (C=O) groups excluding carboxylic acids is 3. The highest BCUT2D eigenvalue weighted by atomic mass is 16.5. The van der Waals surface area contributed by atoms with E-state index in [1.165, 1.54) is 4.90 Å². The van der Waals surface area contributed by atoms with E-state index in [0.717, 1.165) is 0 Å². The van der Waals surface area contributed by atoms with Crippen molar-refractivity contribution in [2.75, 3.05) is 57.3 Å². The van der Waals surface area contributed by atoms with E-state index in [2.05, 4.69) is 11.9 Å². The van der Waals surface area contributed by atoms with Crippen molar-refractivity contribution in [1.82, 2.24) is 15.1 Å². The van der Waals surface area contributed by atoms with Crippen LogP contribution in [0.5, 0.6) is 5.75 Å². The second-order valence-corrected chi connectivity index (χ2v) is 6.49. The first-order valence-corrected chi connectivity index (χ1v) is 8.98. The van der Waals surface area contributed by atoms with Crippen LogP contribution in [0.15, 0.2) is 36.9 Å². The third-order valence-electron chi connectivity index (χ3n) is 4.64. The number of nitrogens with zero attached hydrogens (tertiary/aromatic N) is 3. The molecule has 0 unspecified atom stereocenters. The van der Waals surface area contributed by atoms with Crippen LogP contribution in [-0.2, 0) is 14.4 Å². The molecule has 0 atom stereocenters. The summed E-state index contributed by atoms with van der Waals surface area (Å²) in [6.07, 6.45) is 1.64. The molecule has 0 radical (unpaired) electrons. The molecular formula is C19H24N4O4. The van der Waals surface area contributed by atoms with Gasteiger partial charge in [-0.05, 0) is 12.1 Å². The predicted molar refractivity (Wildman–Crippen MR) is 101 cm³/mol.